The van der Waals surface area contributed by atoms with Crippen molar-refractivity contribution in [2.75, 3.05) is 7.05 Å². The van der Waals surface area contributed by atoms with Gasteiger partial charge in [0.2, 0.25) is 0 Å². The van der Waals surface area contributed by atoms with E-state index >= 15 is 0 Å². The van der Waals surface area contributed by atoms with Gasteiger partial charge in [0, 0.05) is 31.6 Å². The maximum atomic E-state index is 13.2. The van der Waals surface area contributed by atoms with Crippen molar-refractivity contribution in [2.24, 2.45) is 0 Å². The van der Waals surface area contributed by atoms with E-state index in [1.807, 2.05) is 13.0 Å². The SMILES string of the molecule is Cc1nnc(Cc2c3c(c(O)c4ncc(Cc5ccc(F)cc5)cc24)C(=O)N(C)C3)s1. The molecule has 6 nitrogen and oxygen atoms in total. The minimum absolute atomic E-state index is 0.0788. The molecule has 1 amide bonds. The summed E-state index contributed by atoms with van der Waals surface area (Å²) in [6, 6.07) is 8.37. The Morgan fingerprint density at radius 2 is 1.94 bits per heavy atom. The number of aromatic hydroxyl groups is 1. The van der Waals surface area contributed by atoms with Gasteiger partial charge < -0.3 is 10.0 Å². The van der Waals surface area contributed by atoms with Crippen molar-refractivity contribution in [3.8, 4) is 5.75 Å². The summed E-state index contributed by atoms with van der Waals surface area (Å²) in [4.78, 5) is 18.8. The summed E-state index contributed by atoms with van der Waals surface area (Å²) in [5.74, 6) is -0.560. The van der Waals surface area contributed by atoms with Crippen LogP contribution in [0.1, 0.15) is 42.6 Å². The number of hydrogen-bond donors (Lipinski definition) is 1. The fourth-order valence-corrected chi connectivity index (χ4v) is 4.82. The first-order valence-electron chi connectivity index (χ1n) is 9.85. The van der Waals surface area contributed by atoms with Gasteiger partial charge in [-0.05, 0) is 53.8 Å². The van der Waals surface area contributed by atoms with Crippen LogP contribution >= 0.6 is 11.3 Å². The van der Waals surface area contributed by atoms with Crippen molar-refractivity contribution < 1.29 is 14.3 Å². The van der Waals surface area contributed by atoms with Crippen LogP contribution in [0.25, 0.3) is 10.9 Å². The first-order chi connectivity index (χ1) is 14.9. The molecule has 1 aliphatic rings. The first-order valence-corrected chi connectivity index (χ1v) is 10.7. The zero-order valence-electron chi connectivity index (χ0n) is 17.0. The summed E-state index contributed by atoms with van der Waals surface area (Å²) < 4.78 is 13.2. The highest BCUT2D eigenvalue weighted by Gasteiger charge is 2.33. The Labute approximate surface area is 182 Å². The lowest BCUT2D eigenvalue weighted by Crippen LogP contribution is -2.17. The predicted molar refractivity (Wildman–Crippen MR) is 116 cm³/mol. The van der Waals surface area contributed by atoms with Gasteiger partial charge in [-0.15, -0.1) is 21.5 Å². The number of nitrogens with zero attached hydrogens (tertiary/aromatic N) is 4. The van der Waals surface area contributed by atoms with Gasteiger partial charge in [0.05, 0.1) is 5.56 Å². The Bertz CT molecular complexity index is 1330. The minimum atomic E-state index is -0.274. The summed E-state index contributed by atoms with van der Waals surface area (Å²) in [6.07, 6.45) is 2.78. The normalized spacial score (nSPS) is 13.3. The second kappa shape index (κ2) is 7.39. The third-order valence-electron chi connectivity index (χ3n) is 5.57. The monoisotopic (exact) mass is 434 g/mol. The molecule has 0 aliphatic carbocycles. The van der Waals surface area contributed by atoms with E-state index in [0.29, 0.717) is 30.5 Å². The highest BCUT2D eigenvalue weighted by molar-refractivity contribution is 7.11. The largest absolute Gasteiger partial charge is 0.505 e. The number of benzene rings is 2. The second-order valence-corrected chi connectivity index (χ2v) is 9.04. The third-order valence-corrected chi connectivity index (χ3v) is 6.41. The van der Waals surface area contributed by atoms with Crippen molar-refractivity contribution in [3.05, 3.63) is 80.2 Å². The number of aryl methyl sites for hydroxylation is 1. The zero-order chi connectivity index (χ0) is 21.7. The summed E-state index contributed by atoms with van der Waals surface area (Å²) >= 11 is 1.51. The number of halogens is 1. The van der Waals surface area contributed by atoms with Crippen LogP contribution in [0.15, 0.2) is 36.5 Å². The molecule has 0 bridgehead atoms. The molecule has 0 unspecified atom stereocenters. The zero-order valence-corrected chi connectivity index (χ0v) is 17.8. The van der Waals surface area contributed by atoms with Gasteiger partial charge in [0.25, 0.3) is 5.91 Å². The molecule has 2 aromatic carbocycles. The number of fused-ring (bicyclic) bond motifs is 2. The molecule has 3 heterocycles. The van der Waals surface area contributed by atoms with Crippen LogP contribution in [0.3, 0.4) is 0 Å². The van der Waals surface area contributed by atoms with Gasteiger partial charge in [0.1, 0.15) is 21.3 Å². The highest BCUT2D eigenvalue weighted by Crippen LogP contribution is 2.40. The Hall–Kier alpha value is -3.39. The summed E-state index contributed by atoms with van der Waals surface area (Å²) in [7, 11) is 1.72. The minimum Gasteiger partial charge on any atom is -0.505 e. The first kappa shape index (κ1) is 19.6. The van der Waals surface area contributed by atoms with E-state index in [9.17, 15) is 14.3 Å². The van der Waals surface area contributed by atoms with Gasteiger partial charge in [0.15, 0.2) is 5.75 Å². The lowest BCUT2D eigenvalue weighted by molar-refractivity contribution is 0.0814. The average Bonchev–Trinajstić information content (AvgIpc) is 3.29. The molecule has 0 saturated heterocycles. The highest BCUT2D eigenvalue weighted by atomic mass is 32.1. The van der Waals surface area contributed by atoms with E-state index in [1.165, 1.54) is 23.5 Å². The van der Waals surface area contributed by atoms with Crippen molar-refractivity contribution in [1.29, 1.82) is 0 Å². The smallest absolute Gasteiger partial charge is 0.258 e. The molecule has 0 spiro atoms. The van der Waals surface area contributed by atoms with Crippen LogP contribution in [-0.4, -0.2) is 38.1 Å². The van der Waals surface area contributed by atoms with E-state index in [2.05, 4.69) is 15.2 Å². The number of phenolic OH excluding ortho intramolecular Hbond substituents is 1. The summed E-state index contributed by atoms with van der Waals surface area (Å²) in [6.45, 7) is 2.33. The Morgan fingerprint density at radius 1 is 1.16 bits per heavy atom. The molecule has 2 aromatic heterocycles. The molecular weight excluding hydrogens is 415 g/mol. The molecule has 1 aliphatic heterocycles. The standard InChI is InChI=1S/C23H19FN4O2S/c1-12-26-27-19(31-12)9-16-17-8-14(7-13-3-5-15(24)6-4-13)10-25-21(17)22(29)20-18(16)11-28(2)23(20)30/h3-6,8,10,29H,7,9,11H2,1-2H3. The number of pyridine rings is 1. The molecule has 4 aromatic rings. The maximum absolute atomic E-state index is 13.2. The number of rotatable bonds is 4. The Balaban J connectivity index is 1.68. The van der Waals surface area contributed by atoms with Gasteiger partial charge in [-0.25, -0.2) is 4.39 Å². The number of phenols is 1. The fourth-order valence-electron chi connectivity index (χ4n) is 4.10. The topological polar surface area (TPSA) is 79.2 Å². The average molecular weight is 434 g/mol. The van der Waals surface area contributed by atoms with Crippen LogP contribution in [0.2, 0.25) is 0 Å². The van der Waals surface area contributed by atoms with E-state index in [0.717, 1.165) is 37.7 Å². The molecule has 0 fully saturated rings. The van der Waals surface area contributed by atoms with E-state index in [-0.39, 0.29) is 17.5 Å². The quantitative estimate of drug-likeness (QED) is 0.525. The van der Waals surface area contributed by atoms with Crippen LogP contribution in [0.4, 0.5) is 4.39 Å². The lowest BCUT2D eigenvalue weighted by Gasteiger charge is -2.14. The third kappa shape index (κ3) is 3.42. The molecular formula is C23H19FN4O2S. The van der Waals surface area contributed by atoms with Crippen LogP contribution in [0.5, 0.6) is 5.75 Å². The molecule has 31 heavy (non-hydrogen) atoms. The lowest BCUT2D eigenvalue weighted by atomic mass is 9.93. The molecule has 5 rings (SSSR count). The van der Waals surface area contributed by atoms with Crippen molar-refractivity contribution >= 4 is 28.1 Å². The molecule has 0 atom stereocenters. The van der Waals surface area contributed by atoms with E-state index < -0.39 is 0 Å². The summed E-state index contributed by atoms with van der Waals surface area (Å²) in [5.41, 5.74) is 4.37. The second-order valence-electron chi connectivity index (χ2n) is 7.78. The van der Waals surface area contributed by atoms with E-state index in [1.54, 1.807) is 30.3 Å². The number of amides is 1. The molecule has 156 valence electrons. The molecule has 0 saturated carbocycles. The summed E-state index contributed by atoms with van der Waals surface area (Å²) in [5, 5.41) is 21.8. The maximum Gasteiger partial charge on any atom is 0.258 e. The van der Waals surface area contributed by atoms with Crippen molar-refractivity contribution in [3.63, 3.8) is 0 Å². The van der Waals surface area contributed by atoms with Crippen LogP contribution in [-0.2, 0) is 19.4 Å². The van der Waals surface area contributed by atoms with E-state index in [4.69, 9.17) is 0 Å². The number of hydrogen-bond acceptors (Lipinski definition) is 6. The van der Waals surface area contributed by atoms with Crippen molar-refractivity contribution in [1.82, 2.24) is 20.1 Å². The Morgan fingerprint density at radius 3 is 2.65 bits per heavy atom. The predicted octanol–water partition coefficient (Wildman–Crippen LogP) is 4.01. The van der Waals surface area contributed by atoms with Crippen LogP contribution < -0.4 is 0 Å². The van der Waals surface area contributed by atoms with Gasteiger partial charge in [-0.1, -0.05) is 12.1 Å². The molecule has 8 heteroatoms. The van der Waals surface area contributed by atoms with Gasteiger partial charge >= 0.3 is 0 Å². The number of carbonyl (C=O) groups is 1. The van der Waals surface area contributed by atoms with Gasteiger partial charge in [-0.2, -0.15) is 0 Å². The van der Waals surface area contributed by atoms with Gasteiger partial charge in [-0.3, -0.25) is 9.78 Å². The van der Waals surface area contributed by atoms with Crippen LogP contribution in [0, 0.1) is 12.7 Å². The van der Waals surface area contributed by atoms with Crippen molar-refractivity contribution in [2.45, 2.75) is 26.3 Å². The molecule has 0 radical (unpaired) electrons. The number of aromatic nitrogens is 3. The molecule has 1 N–H and O–H groups in total. The Kier molecular flexibility index (Phi) is 4.66. The fraction of sp³-hybridized carbons (Fsp3) is 0.217. The number of carbonyl (C=O) groups excluding carboxylic acids is 1.